The Morgan fingerprint density at radius 2 is 1.43 bits per heavy atom. The van der Waals surface area contributed by atoms with Gasteiger partial charge in [0, 0.05) is 24.1 Å². The Hall–Kier alpha value is -1.32. The SMILES string of the molecule is CCCNc1nc(C(C)(C)C)nc(NCC(C)(C)C)c1C. The molecule has 0 saturated carbocycles. The molecule has 0 aromatic carbocycles. The molecule has 1 rings (SSSR count). The van der Waals surface area contributed by atoms with Crippen LogP contribution < -0.4 is 10.6 Å². The van der Waals surface area contributed by atoms with Crippen molar-refractivity contribution in [3.05, 3.63) is 11.4 Å². The van der Waals surface area contributed by atoms with Crippen LogP contribution in [-0.4, -0.2) is 23.1 Å². The quantitative estimate of drug-likeness (QED) is 0.846. The molecule has 2 N–H and O–H groups in total. The Morgan fingerprint density at radius 1 is 0.905 bits per heavy atom. The van der Waals surface area contributed by atoms with Gasteiger partial charge in [0.05, 0.1) is 0 Å². The molecule has 0 aliphatic carbocycles. The highest BCUT2D eigenvalue weighted by Gasteiger charge is 2.21. The molecule has 0 unspecified atom stereocenters. The second kappa shape index (κ2) is 6.63. The van der Waals surface area contributed by atoms with Crippen LogP contribution in [0, 0.1) is 12.3 Å². The van der Waals surface area contributed by atoms with Crippen LogP contribution in [-0.2, 0) is 5.41 Å². The van der Waals surface area contributed by atoms with Crippen LogP contribution in [0.25, 0.3) is 0 Å². The van der Waals surface area contributed by atoms with Gasteiger partial charge in [-0.2, -0.15) is 0 Å². The van der Waals surface area contributed by atoms with Crippen LogP contribution in [0.5, 0.6) is 0 Å². The Balaban J connectivity index is 3.15. The first-order valence-corrected chi connectivity index (χ1v) is 7.91. The third-order valence-electron chi connectivity index (χ3n) is 3.15. The van der Waals surface area contributed by atoms with Crippen LogP contribution in [0.2, 0.25) is 0 Å². The van der Waals surface area contributed by atoms with Gasteiger partial charge in [0.2, 0.25) is 0 Å². The van der Waals surface area contributed by atoms with E-state index in [4.69, 9.17) is 9.97 Å². The average molecular weight is 292 g/mol. The Bertz CT molecular complexity index is 467. The lowest BCUT2D eigenvalue weighted by Gasteiger charge is -2.24. The molecule has 0 aliphatic heterocycles. The molecular weight excluding hydrogens is 260 g/mol. The number of rotatable bonds is 5. The molecule has 0 aliphatic rings. The maximum atomic E-state index is 4.75. The number of hydrogen-bond donors (Lipinski definition) is 2. The second-order valence-electron chi connectivity index (χ2n) is 7.96. The smallest absolute Gasteiger partial charge is 0.138 e. The van der Waals surface area contributed by atoms with Gasteiger partial charge in [-0.3, -0.25) is 0 Å². The van der Waals surface area contributed by atoms with E-state index in [2.05, 4.69) is 66.0 Å². The molecule has 0 atom stereocenters. The molecule has 4 heteroatoms. The molecule has 120 valence electrons. The van der Waals surface area contributed by atoms with E-state index in [-0.39, 0.29) is 10.8 Å². The number of aromatic nitrogens is 2. The minimum absolute atomic E-state index is 0.0610. The van der Waals surface area contributed by atoms with Crippen molar-refractivity contribution in [3.8, 4) is 0 Å². The third kappa shape index (κ3) is 5.52. The molecule has 1 heterocycles. The first-order valence-electron chi connectivity index (χ1n) is 7.91. The maximum Gasteiger partial charge on any atom is 0.138 e. The van der Waals surface area contributed by atoms with E-state index in [0.717, 1.165) is 42.5 Å². The first-order chi connectivity index (χ1) is 9.54. The molecule has 0 fully saturated rings. The monoisotopic (exact) mass is 292 g/mol. The van der Waals surface area contributed by atoms with Crippen LogP contribution in [0.15, 0.2) is 0 Å². The van der Waals surface area contributed by atoms with Gasteiger partial charge in [-0.15, -0.1) is 0 Å². The summed E-state index contributed by atoms with van der Waals surface area (Å²) in [4.78, 5) is 9.48. The highest BCUT2D eigenvalue weighted by atomic mass is 15.1. The van der Waals surface area contributed by atoms with E-state index < -0.39 is 0 Å². The molecule has 0 radical (unpaired) electrons. The molecule has 1 aromatic rings. The largest absolute Gasteiger partial charge is 0.370 e. The van der Waals surface area contributed by atoms with Gasteiger partial charge in [-0.1, -0.05) is 48.5 Å². The van der Waals surface area contributed by atoms with Gasteiger partial charge in [0.25, 0.3) is 0 Å². The summed E-state index contributed by atoms with van der Waals surface area (Å²) < 4.78 is 0. The lowest BCUT2D eigenvalue weighted by Crippen LogP contribution is -2.23. The molecule has 0 amide bonds. The van der Waals surface area contributed by atoms with E-state index in [0.29, 0.717) is 0 Å². The topological polar surface area (TPSA) is 49.8 Å². The lowest BCUT2D eigenvalue weighted by molar-refractivity contribution is 0.442. The molecule has 0 saturated heterocycles. The van der Waals surface area contributed by atoms with Crippen molar-refractivity contribution in [3.63, 3.8) is 0 Å². The average Bonchev–Trinajstić information content (AvgIpc) is 2.33. The van der Waals surface area contributed by atoms with Crippen molar-refractivity contribution in [2.45, 2.75) is 67.2 Å². The highest BCUT2D eigenvalue weighted by molar-refractivity contribution is 5.57. The summed E-state index contributed by atoms with van der Waals surface area (Å²) >= 11 is 0. The van der Waals surface area contributed by atoms with Crippen molar-refractivity contribution in [2.24, 2.45) is 5.41 Å². The molecule has 0 spiro atoms. The maximum absolute atomic E-state index is 4.75. The van der Waals surface area contributed by atoms with Gasteiger partial charge in [-0.25, -0.2) is 9.97 Å². The Kier molecular flexibility index (Phi) is 5.60. The van der Waals surface area contributed by atoms with Crippen LogP contribution in [0.3, 0.4) is 0 Å². The van der Waals surface area contributed by atoms with Crippen LogP contribution in [0.4, 0.5) is 11.6 Å². The predicted molar refractivity (Wildman–Crippen MR) is 92.2 cm³/mol. The van der Waals surface area contributed by atoms with E-state index in [1.807, 2.05) is 0 Å². The minimum atomic E-state index is -0.0610. The molecule has 21 heavy (non-hydrogen) atoms. The second-order valence-corrected chi connectivity index (χ2v) is 7.96. The predicted octanol–water partition coefficient (Wildman–Crippen LogP) is 4.36. The highest BCUT2D eigenvalue weighted by Crippen LogP contribution is 2.27. The zero-order chi connectivity index (χ0) is 16.3. The number of hydrogen-bond acceptors (Lipinski definition) is 4. The van der Waals surface area contributed by atoms with Crippen LogP contribution >= 0.6 is 0 Å². The summed E-state index contributed by atoms with van der Waals surface area (Å²) in [5.74, 6) is 2.78. The van der Waals surface area contributed by atoms with Crippen LogP contribution in [0.1, 0.15) is 66.3 Å². The van der Waals surface area contributed by atoms with Crippen molar-refractivity contribution in [2.75, 3.05) is 23.7 Å². The molecule has 1 aromatic heterocycles. The molecule has 4 nitrogen and oxygen atoms in total. The Labute approximate surface area is 130 Å². The van der Waals surface area contributed by atoms with Gasteiger partial charge < -0.3 is 10.6 Å². The van der Waals surface area contributed by atoms with E-state index in [1.165, 1.54) is 0 Å². The summed E-state index contributed by atoms with van der Waals surface area (Å²) in [7, 11) is 0. The molecule has 0 bridgehead atoms. The zero-order valence-corrected chi connectivity index (χ0v) is 15.0. The normalized spacial score (nSPS) is 12.4. The van der Waals surface area contributed by atoms with Gasteiger partial charge in [-0.05, 0) is 18.8 Å². The first kappa shape index (κ1) is 17.7. The summed E-state index contributed by atoms with van der Waals surface area (Å²) in [5.41, 5.74) is 1.26. The number of anilines is 2. The van der Waals surface area contributed by atoms with Gasteiger partial charge >= 0.3 is 0 Å². The fourth-order valence-corrected chi connectivity index (χ4v) is 1.79. The summed E-state index contributed by atoms with van der Waals surface area (Å²) in [5, 5.41) is 6.91. The summed E-state index contributed by atoms with van der Waals surface area (Å²) in [6, 6.07) is 0. The summed E-state index contributed by atoms with van der Waals surface area (Å²) in [6.45, 7) is 19.2. The molecular formula is C17H32N4. The van der Waals surface area contributed by atoms with Crippen molar-refractivity contribution < 1.29 is 0 Å². The number of nitrogens with one attached hydrogen (secondary N) is 2. The van der Waals surface area contributed by atoms with Crippen molar-refractivity contribution in [1.82, 2.24) is 9.97 Å². The standard InChI is InChI=1S/C17H32N4/c1-9-10-18-13-12(2)14(19-11-16(3,4)5)21-15(20-13)17(6,7)8/h9-11H2,1-8H3,(H2,18,19,20,21). The van der Waals surface area contributed by atoms with Gasteiger partial charge in [0.15, 0.2) is 0 Å². The van der Waals surface area contributed by atoms with E-state index >= 15 is 0 Å². The van der Waals surface area contributed by atoms with E-state index in [1.54, 1.807) is 0 Å². The van der Waals surface area contributed by atoms with Gasteiger partial charge in [0.1, 0.15) is 17.5 Å². The van der Waals surface area contributed by atoms with E-state index in [9.17, 15) is 0 Å². The fraction of sp³-hybridized carbons (Fsp3) is 0.765. The number of nitrogens with zero attached hydrogens (tertiary/aromatic N) is 2. The zero-order valence-electron chi connectivity index (χ0n) is 15.0. The fourth-order valence-electron chi connectivity index (χ4n) is 1.79. The lowest BCUT2D eigenvalue weighted by atomic mass is 9.95. The Morgan fingerprint density at radius 3 is 1.86 bits per heavy atom. The van der Waals surface area contributed by atoms with Crippen molar-refractivity contribution >= 4 is 11.6 Å². The van der Waals surface area contributed by atoms with Crippen molar-refractivity contribution in [1.29, 1.82) is 0 Å². The third-order valence-corrected chi connectivity index (χ3v) is 3.15. The summed E-state index contributed by atoms with van der Waals surface area (Å²) in [6.07, 6.45) is 1.08. The minimum Gasteiger partial charge on any atom is -0.370 e.